The van der Waals surface area contributed by atoms with E-state index in [1.54, 1.807) is 0 Å². The lowest BCUT2D eigenvalue weighted by Gasteiger charge is -2.03. The van der Waals surface area contributed by atoms with Crippen LogP contribution < -0.4 is 4.74 Å². The second kappa shape index (κ2) is 8.20. The predicted molar refractivity (Wildman–Crippen MR) is 68.9 cm³/mol. The minimum absolute atomic E-state index is 0.0381. The number of esters is 1. The molecule has 6 heteroatoms. The number of hydrogen-bond donors (Lipinski definition) is 1. The zero-order valence-electron chi connectivity index (χ0n) is 10.6. The van der Waals surface area contributed by atoms with Gasteiger partial charge in [0.25, 0.3) is 5.69 Å². The Hall–Kier alpha value is -1.95. The monoisotopic (exact) mass is 267 g/mol. The molecule has 0 aliphatic rings. The number of hydrogen-bond acceptors (Lipinski definition) is 5. The Bertz CT molecular complexity index is 416. The first kappa shape index (κ1) is 15.1. The summed E-state index contributed by atoms with van der Waals surface area (Å²) in [5.41, 5.74) is -0.0381. The lowest BCUT2D eigenvalue weighted by molar-refractivity contribution is -0.384. The van der Waals surface area contributed by atoms with Crippen LogP contribution in [-0.2, 0) is 4.79 Å². The van der Waals surface area contributed by atoms with Crippen LogP contribution in [0, 0.1) is 10.1 Å². The highest BCUT2D eigenvalue weighted by Crippen LogP contribution is 2.18. The summed E-state index contributed by atoms with van der Waals surface area (Å²) in [5.74, 6) is -0.0381. The number of carbonyl (C=O) groups is 1. The van der Waals surface area contributed by atoms with E-state index >= 15 is 0 Å². The summed E-state index contributed by atoms with van der Waals surface area (Å²) < 4.78 is 5.04. The molecule has 19 heavy (non-hydrogen) atoms. The van der Waals surface area contributed by atoms with Crippen molar-refractivity contribution >= 4 is 11.7 Å². The van der Waals surface area contributed by atoms with Crippen LogP contribution in [0.2, 0.25) is 0 Å². The molecule has 0 aliphatic carbocycles. The first-order valence-electron chi connectivity index (χ1n) is 6.19. The second-order valence-electron chi connectivity index (χ2n) is 4.11. The minimum atomic E-state index is -0.507. The summed E-state index contributed by atoms with van der Waals surface area (Å²) in [6, 6.07) is 5.40. The zero-order valence-corrected chi connectivity index (χ0v) is 10.6. The van der Waals surface area contributed by atoms with Crippen molar-refractivity contribution in [2.75, 3.05) is 6.61 Å². The van der Waals surface area contributed by atoms with Crippen LogP contribution in [0.3, 0.4) is 0 Å². The highest BCUT2D eigenvalue weighted by atomic mass is 16.6. The number of benzene rings is 1. The van der Waals surface area contributed by atoms with Gasteiger partial charge in [0.05, 0.1) is 4.92 Å². The van der Waals surface area contributed by atoms with E-state index < -0.39 is 4.92 Å². The van der Waals surface area contributed by atoms with Crippen molar-refractivity contribution in [3.05, 3.63) is 34.4 Å². The van der Waals surface area contributed by atoms with Gasteiger partial charge in [-0.15, -0.1) is 0 Å². The average Bonchev–Trinajstić information content (AvgIpc) is 2.39. The summed E-state index contributed by atoms with van der Waals surface area (Å²) in [5, 5.41) is 19.0. The SMILES string of the molecule is O=C(CCCCCCO)Oc1ccc([N+](=O)[O-])cc1. The van der Waals surface area contributed by atoms with Gasteiger partial charge in [-0.3, -0.25) is 14.9 Å². The number of rotatable bonds is 8. The predicted octanol–water partition coefficient (Wildman–Crippen LogP) is 2.44. The van der Waals surface area contributed by atoms with Gasteiger partial charge in [-0.1, -0.05) is 12.8 Å². The summed E-state index contributed by atoms with van der Waals surface area (Å²) >= 11 is 0. The molecule has 104 valence electrons. The van der Waals surface area contributed by atoms with E-state index in [0.717, 1.165) is 19.3 Å². The third-order valence-electron chi connectivity index (χ3n) is 2.57. The molecule has 0 radical (unpaired) electrons. The van der Waals surface area contributed by atoms with Crippen molar-refractivity contribution in [1.29, 1.82) is 0 Å². The molecule has 0 bridgehead atoms. The van der Waals surface area contributed by atoms with E-state index in [0.29, 0.717) is 18.6 Å². The maximum Gasteiger partial charge on any atom is 0.311 e. The Morgan fingerprint density at radius 3 is 2.37 bits per heavy atom. The molecule has 0 saturated heterocycles. The molecule has 1 N–H and O–H groups in total. The van der Waals surface area contributed by atoms with Gasteiger partial charge in [-0.05, 0) is 25.0 Å². The van der Waals surface area contributed by atoms with Gasteiger partial charge in [0.15, 0.2) is 0 Å². The van der Waals surface area contributed by atoms with Crippen molar-refractivity contribution < 1.29 is 19.6 Å². The average molecular weight is 267 g/mol. The highest BCUT2D eigenvalue weighted by molar-refractivity contribution is 5.72. The van der Waals surface area contributed by atoms with Crippen LogP contribution in [0.5, 0.6) is 5.75 Å². The zero-order chi connectivity index (χ0) is 14.1. The van der Waals surface area contributed by atoms with Gasteiger partial charge in [-0.25, -0.2) is 0 Å². The normalized spacial score (nSPS) is 10.2. The summed E-state index contributed by atoms with van der Waals surface area (Å²) in [6.45, 7) is 0.174. The van der Waals surface area contributed by atoms with Crippen molar-refractivity contribution in [2.24, 2.45) is 0 Å². The van der Waals surface area contributed by atoms with E-state index in [9.17, 15) is 14.9 Å². The van der Waals surface area contributed by atoms with Crippen LogP contribution in [0.25, 0.3) is 0 Å². The highest BCUT2D eigenvalue weighted by Gasteiger charge is 2.07. The molecule has 0 spiro atoms. The molecule has 0 heterocycles. The van der Waals surface area contributed by atoms with Crippen LogP contribution in [0.4, 0.5) is 5.69 Å². The maximum absolute atomic E-state index is 11.5. The minimum Gasteiger partial charge on any atom is -0.427 e. The number of nitrogens with zero attached hydrogens (tertiary/aromatic N) is 1. The summed E-state index contributed by atoms with van der Waals surface area (Å²) in [6.07, 6.45) is 3.53. The molecule has 0 aliphatic heterocycles. The Kier molecular flexibility index (Phi) is 6.52. The molecule has 0 fully saturated rings. The fourth-order valence-electron chi connectivity index (χ4n) is 1.55. The first-order valence-corrected chi connectivity index (χ1v) is 6.19. The number of nitro groups is 1. The molecule has 1 rings (SSSR count). The molecular formula is C13H17NO5. The smallest absolute Gasteiger partial charge is 0.311 e. The molecule has 0 atom stereocenters. The van der Waals surface area contributed by atoms with Crippen LogP contribution >= 0.6 is 0 Å². The van der Waals surface area contributed by atoms with Crippen LogP contribution in [-0.4, -0.2) is 22.6 Å². The van der Waals surface area contributed by atoms with Crippen molar-refractivity contribution in [1.82, 2.24) is 0 Å². The lowest BCUT2D eigenvalue weighted by atomic mass is 10.1. The number of nitro benzene ring substituents is 1. The van der Waals surface area contributed by atoms with E-state index in [2.05, 4.69) is 0 Å². The molecular weight excluding hydrogens is 250 g/mol. The van der Waals surface area contributed by atoms with Crippen molar-refractivity contribution in [3.8, 4) is 5.75 Å². The third kappa shape index (κ3) is 5.96. The Labute approximate surface area is 111 Å². The molecule has 0 aromatic heterocycles. The lowest BCUT2D eigenvalue weighted by Crippen LogP contribution is -2.07. The van der Waals surface area contributed by atoms with Gasteiger partial charge in [-0.2, -0.15) is 0 Å². The topological polar surface area (TPSA) is 89.7 Å². The first-order chi connectivity index (χ1) is 9.13. The van der Waals surface area contributed by atoms with Crippen LogP contribution in [0.1, 0.15) is 32.1 Å². The Balaban J connectivity index is 2.30. The fourth-order valence-corrected chi connectivity index (χ4v) is 1.55. The molecule has 0 saturated carbocycles. The number of non-ortho nitro benzene ring substituents is 1. The number of aliphatic hydroxyl groups is 1. The number of unbranched alkanes of at least 4 members (excludes halogenated alkanes) is 3. The number of ether oxygens (including phenoxy) is 1. The van der Waals surface area contributed by atoms with Gasteiger partial charge < -0.3 is 9.84 Å². The van der Waals surface area contributed by atoms with Crippen molar-refractivity contribution in [2.45, 2.75) is 32.1 Å². The van der Waals surface area contributed by atoms with Gasteiger partial charge in [0.2, 0.25) is 0 Å². The van der Waals surface area contributed by atoms with Gasteiger partial charge in [0.1, 0.15) is 5.75 Å². The number of aliphatic hydroxyl groups excluding tert-OH is 1. The van der Waals surface area contributed by atoms with E-state index in [-0.39, 0.29) is 18.3 Å². The van der Waals surface area contributed by atoms with Crippen molar-refractivity contribution in [3.63, 3.8) is 0 Å². The molecule has 1 aromatic rings. The Morgan fingerprint density at radius 2 is 1.79 bits per heavy atom. The third-order valence-corrected chi connectivity index (χ3v) is 2.57. The molecule has 0 amide bonds. The maximum atomic E-state index is 11.5. The quantitative estimate of drug-likeness (QED) is 0.257. The molecule has 0 unspecified atom stereocenters. The van der Waals surface area contributed by atoms with Crippen LogP contribution in [0.15, 0.2) is 24.3 Å². The van der Waals surface area contributed by atoms with Gasteiger partial charge in [0, 0.05) is 25.2 Å². The molecule has 1 aromatic carbocycles. The second-order valence-corrected chi connectivity index (χ2v) is 4.11. The van der Waals surface area contributed by atoms with E-state index in [1.165, 1.54) is 24.3 Å². The molecule has 6 nitrogen and oxygen atoms in total. The Morgan fingerprint density at radius 1 is 1.16 bits per heavy atom. The largest absolute Gasteiger partial charge is 0.427 e. The fraction of sp³-hybridized carbons (Fsp3) is 0.462. The van der Waals surface area contributed by atoms with Gasteiger partial charge >= 0.3 is 5.97 Å². The van der Waals surface area contributed by atoms with E-state index in [1.807, 2.05) is 0 Å². The summed E-state index contributed by atoms with van der Waals surface area (Å²) in [4.78, 5) is 21.4. The number of carbonyl (C=O) groups excluding carboxylic acids is 1. The standard InChI is InChI=1S/C13H17NO5/c15-10-4-2-1-3-5-13(16)19-12-8-6-11(7-9-12)14(17)18/h6-9,15H,1-5,10H2. The summed E-state index contributed by atoms with van der Waals surface area (Å²) in [7, 11) is 0. The van der Waals surface area contributed by atoms with E-state index in [4.69, 9.17) is 9.84 Å².